The van der Waals surface area contributed by atoms with Crippen molar-refractivity contribution in [2.45, 2.75) is 45.2 Å². The smallest absolute Gasteiger partial charge is 0.282 e. The van der Waals surface area contributed by atoms with Gasteiger partial charge in [-0.15, -0.1) is 10.2 Å². The number of benzene rings is 2. The molecule has 2 aliphatic rings. The summed E-state index contributed by atoms with van der Waals surface area (Å²) in [4.78, 5) is 50.0. The van der Waals surface area contributed by atoms with E-state index in [4.69, 9.17) is 0 Å². The average Bonchev–Trinajstić information content (AvgIpc) is 3.26. The Kier molecular flexibility index (Phi) is 5.78. The first kappa shape index (κ1) is 23.3. The predicted molar refractivity (Wildman–Crippen MR) is 125 cm³/mol. The molecule has 11 nitrogen and oxygen atoms in total. The van der Waals surface area contributed by atoms with Crippen molar-refractivity contribution in [2.24, 2.45) is 0 Å². The summed E-state index contributed by atoms with van der Waals surface area (Å²) in [7, 11) is 0. The molecule has 1 atom stereocenters. The minimum atomic E-state index is -1.28. The number of hydrogen-bond donors (Lipinski definition) is 1. The molecule has 1 aromatic heterocycles. The van der Waals surface area contributed by atoms with Crippen LogP contribution in [0.2, 0.25) is 0 Å². The first-order chi connectivity index (χ1) is 17.3. The van der Waals surface area contributed by atoms with E-state index in [2.05, 4.69) is 15.5 Å². The lowest BCUT2D eigenvalue weighted by Gasteiger charge is -2.21. The number of carbonyl (C=O) groups excluding carboxylic acids is 3. The summed E-state index contributed by atoms with van der Waals surface area (Å²) >= 11 is 0. The molecule has 0 spiro atoms. The number of nitrogens with one attached hydrogen (secondary N) is 1. The molecule has 0 aliphatic carbocycles. The first-order valence-electron chi connectivity index (χ1n) is 11.5. The molecule has 2 aromatic carbocycles. The second kappa shape index (κ2) is 8.95. The molecule has 3 aromatic rings. The van der Waals surface area contributed by atoms with Crippen molar-refractivity contribution in [1.29, 1.82) is 0 Å². The summed E-state index contributed by atoms with van der Waals surface area (Å²) in [5.41, 5.74) is -0.583. The van der Waals surface area contributed by atoms with Crippen LogP contribution in [-0.4, -0.2) is 48.4 Å². The summed E-state index contributed by atoms with van der Waals surface area (Å²) in [5, 5.41) is 22.3. The highest BCUT2D eigenvalue weighted by molar-refractivity contribution is 6.24. The second-order valence-corrected chi connectivity index (χ2v) is 8.70. The van der Waals surface area contributed by atoms with Gasteiger partial charge in [0, 0.05) is 24.7 Å². The molecular weight excluding hydrogens is 471 g/mol. The number of halogens is 1. The Morgan fingerprint density at radius 1 is 1.11 bits per heavy atom. The van der Waals surface area contributed by atoms with Gasteiger partial charge in [0.1, 0.15) is 23.2 Å². The lowest BCUT2D eigenvalue weighted by atomic mass is 10.1. The number of nitro groups is 1. The third-order valence-electron chi connectivity index (χ3n) is 6.47. The van der Waals surface area contributed by atoms with Crippen LogP contribution in [-0.2, 0) is 17.8 Å². The Labute approximate surface area is 204 Å². The van der Waals surface area contributed by atoms with Gasteiger partial charge in [-0.1, -0.05) is 12.5 Å². The van der Waals surface area contributed by atoms with Gasteiger partial charge in [-0.2, -0.15) is 0 Å². The highest BCUT2D eigenvalue weighted by atomic mass is 19.1. The molecule has 1 unspecified atom stereocenters. The van der Waals surface area contributed by atoms with E-state index < -0.39 is 40.2 Å². The molecule has 1 N–H and O–H groups in total. The van der Waals surface area contributed by atoms with Crippen molar-refractivity contribution in [1.82, 2.24) is 19.7 Å². The number of hydrogen-bond acceptors (Lipinski definition) is 7. The highest BCUT2D eigenvalue weighted by Gasteiger charge is 2.44. The first-order valence-corrected chi connectivity index (χ1v) is 11.5. The molecule has 2 aliphatic heterocycles. The van der Waals surface area contributed by atoms with Crippen molar-refractivity contribution in [3.05, 3.63) is 69.3 Å². The Morgan fingerprint density at radius 3 is 2.69 bits per heavy atom. The number of amides is 3. The fourth-order valence-electron chi connectivity index (χ4n) is 4.61. The maximum atomic E-state index is 14.8. The molecular formula is C24H21FN6O5. The van der Waals surface area contributed by atoms with Gasteiger partial charge in [-0.05, 0) is 44.0 Å². The number of fused-ring (bicyclic) bond motifs is 2. The van der Waals surface area contributed by atoms with Crippen LogP contribution >= 0.6 is 0 Å². The number of rotatable bonds is 5. The van der Waals surface area contributed by atoms with Crippen molar-refractivity contribution < 1.29 is 23.7 Å². The minimum absolute atomic E-state index is 0.134. The van der Waals surface area contributed by atoms with E-state index in [1.807, 2.05) is 4.57 Å². The lowest BCUT2D eigenvalue weighted by molar-refractivity contribution is -0.385. The predicted octanol–water partition coefficient (Wildman–Crippen LogP) is 3.34. The van der Waals surface area contributed by atoms with Crippen molar-refractivity contribution >= 4 is 29.1 Å². The molecule has 0 fully saturated rings. The van der Waals surface area contributed by atoms with Crippen molar-refractivity contribution in [3.63, 3.8) is 0 Å². The quantitative estimate of drug-likeness (QED) is 0.327. The normalized spacial score (nSPS) is 15.8. The van der Waals surface area contributed by atoms with Crippen LogP contribution in [0.1, 0.15) is 52.7 Å². The monoisotopic (exact) mass is 492 g/mol. The van der Waals surface area contributed by atoms with Gasteiger partial charge in [0.25, 0.3) is 17.5 Å². The molecule has 3 amide bonds. The summed E-state index contributed by atoms with van der Waals surface area (Å²) in [5.74, 6) is -1.83. The zero-order chi connectivity index (χ0) is 25.6. The summed E-state index contributed by atoms with van der Waals surface area (Å²) in [6, 6.07) is 6.44. The molecule has 0 bridgehead atoms. The largest absolute Gasteiger partial charge is 0.324 e. The van der Waals surface area contributed by atoms with Crippen molar-refractivity contribution in [2.75, 3.05) is 5.32 Å². The molecule has 0 radical (unpaired) electrons. The van der Waals surface area contributed by atoms with Crippen molar-refractivity contribution in [3.8, 4) is 11.4 Å². The molecule has 184 valence electrons. The number of anilines is 1. The van der Waals surface area contributed by atoms with E-state index in [1.165, 1.54) is 37.3 Å². The minimum Gasteiger partial charge on any atom is -0.324 e. The molecule has 0 saturated heterocycles. The molecule has 12 heteroatoms. The van der Waals surface area contributed by atoms with Gasteiger partial charge >= 0.3 is 0 Å². The van der Waals surface area contributed by atoms with Gasteiger partial charge in [0.15, 0.2) is 5.82 Å². The van der Waals surface area contributed by atoms with Crippen LogP contribution < -0.4 is 5.32 Å². The van der Waals surface area contributed by atoms with Gasteiger partial charge < -0.3 is 9.88 Å². The third-order valence-corrected chi connectivity index (χ3v) is 6.47. The maximum Gasteiger partial charge on any atom is 0.282 e. The van der Waals surface area contributed by atoms with E-state index in [9.17, 15) is 28.9 Å². The van der Waals surface area contributed by atoms with Gasteiger partial charge in [-0.3, -0.25) is 29.4 Å². The molecule has 3 heterocycles. The fourth-order valence-corrected chi connectivity index (χ4v) is 4.61. The van der Waals surface area contributed by atoms with Crippen LogP contribution in [0.4, 0.5) is 15.8 Å². The summed E-state index contributed by atoms with van der Waals surface area (Å²) < 4.78 is 16.6. The number of aryl methyl sites for hydroxylation is 1. The van der Waals surface area contributed by atoms with E-state index in [0.29, 0.717) is 17.3 Å². The molecule has 0 saturated carbocycles. The fraction of sp³-hybridized carbons (Fsp3) is 0.292. The summed E-state index contributed by atoms with van der Waals surface area (Å²) in [6.07, 6.45) is 3.70. The Hall–Kier alpha value is -4.48. The number of carbonyl (C=O) groups is 3. The lowest BCUT2D eigenvalue weighted by Crippen LogP contribution is -2.45. The topological polar surface area (TPSA) is 140 Å². The van der Waals surface area contributed by atoms with Gasteiger partial charge in [0.05, 0.1) is 16.1 Å². The number of imide groups is 1. The number of nitrogens with zero attached hydrogens (tertiary/aromatic N) is 5. The van der Waals surface area contributed by atoms with E-state index in [1.54, 1.807) is 0 Å². The van der Waals surface area contributed by atoms with Crippen LogP contribution in [0.15, 0.2) is 36.4 Å². The third kappa shape index (κ3) is 3.80. The SMILES string of the molecule is CC(C(=O)Nc1ccc(F)c(-c2nnc3n2CCCCC3)c1)N1C(=O)c2cccc([N+](=O)[O-])c2C1=O. The van der Waals surface area contributed by atoms with Crippen LogP contribution in [0.5, 0.6) is 0 Å². The highest BCUT2D eigenvalue weighted by Crippen LogP contribution is 2.32. The van der Waals surface area contributed by atoms with E-state index in [-0.39, 0.29) is 22.4 Å². The molecule has 36 heavy (non-hydrogen) atoms. The Bertz CT molecular complexity index is 1430. The Morgan fingerprint density at radius 2 is 1.92 bits per heavy atom. The number of aromatic nitrogens is 3. The summed E-state index contributed by atoms with van der Waals surface area (Å²) in [6.45, 7) is 2.00. The van der Waals surface area contributed by atoms with Crippen LogP contribution in [0.25, 0.3) is 11.4 Å². The van der Waals surface area contributed by atoms with E-state index >= 15 is 0 Å². The number of nitro benzene ring substituents is 1. The zero-order valence-corrected chi connectivity index (χ0v) is 19.2. The van der Waals surface area contributed by atoms with Gasteiger partial charge in [-0.25, -0.2) is 4.39 Å². The maximum absolute atomic E-state index is 14.8. The van der Waals surface area contributed by atoms with Crippen LogP contribution in [0, 0.1) is 15.9 Å². The van der Waals surface area contributed by atoms with E-state index in [0.717, 1.165) is 37.6 Å². The Balaban J connectivity index is 1.40. The molecule has 5 rings (SSSR count). The van der Waals surface area contributed by atoms with Crippen LogP contribution in [0.3, 0.4) is 0 Å². The van der Waals surface area contributed by atoms with Gasteiger partial charge in [0.2, 0.25) is 5.91 Å². The zero-order valence-electron chi connectivity index (χ0n) is 19.2. The second-order valence-electron chi connectivity index (χ2n) is 8.70. The standard InChI is InChI=1S/C24H21FN6O5/c1-13(30-23(33)15-6-5-7-18(31(35)36)20(15)24(30)34)22(32)26-14-9-10-17(25)16(12-14)21-28-27-19-8-3-2-4-11-29(19)21/h5-7,9-10,12-13H,2-4,8,11H2,1H3,(H,26,32). The average molecular weight is 492 g/mol.